The number of unbranched alkanes of at least 4 members (excludes halogenated alkanes) is 4. The molecule has 2 unspecified atom stereocenters. The number of nitrogens with one attached hydrogen (secondary N) is 2. The van der Waals surface area contributed by atoms with Crippen molar-refractivity contribution in [2.24, 2.45) is 0 Å². The molecule has 0 saturated carbocycles. The number of carbonyl (C=O) groups is 4. The van der Waals surface area contributed by atoms with Gasteiger partial charge in [-0.25, -0.2) is 14.8 Å². The largest absolute Gasteiger partial charge is 0.494 e. The third-order valence-electron chi connectivity index (χ3n) is 9.14. The van der Waals surface area contributed by atoms with Crippen LogP contribution in [0.1, 0.15) is 101 Å². The van der Waals surface area contributed by atoms with Gasteiger partial charge >= 0.3 is 11.9 Å². The maximum atomic E-state index is 13.5. The molecule has 11 nitrogen and oxygen atoms in total. The zero-order valence-electron chi connectivity index (χ0n) is 31.6. The number of amides is 2. The smallest absolute Gasteiger partial charge is 0.326 e. The van der Waals surface area contributed by atoms with Crippen molar-refractivity contribution in [2.45, 2.75) is 103 Å². The third-order valence-corrected chi connectivity index (χ3v) is 9.14. The van der Waals surface area contributed by atoms with E-state index in [1.54, 1.807) is 36.7 Å². The summed E-state index contributed by atoms with van der Waals surface area (Å²) in [4.78, 5) is 58.9. The number of nitrogens with zero attached hydrogens (tertiary/aromatic N) is 2. The molecule has 286 valence electrons. The van der Waals surface area contributed by atoms with E-state index in [1.165, 1.54) is 25.7 Å². The number of hydrogen-bond acceptors (Lipinski definition) is 7. The standard InChI is InChI=1S/C43H52N4O7/c1-5-6-7-8-9-25-54-35-23-19-30(20-24-35)33-27-44-39(45-28-33)31-15-13-29(14-16-31)26-37(41(51)46-36(42(52)53)11-10-12-38(48)49)47-40(50)32-17-21-34(22-18-32)43(2,3)4/h13-24,27-28,36-37H,5-12,25-26H2,1-4H3,(H,46,51)(H,47,50)(H,48,49)(H,52,53). The van der Waals surface area contributed by atoms with Gasteiger partial charge in [0.15, 0.2) is 5.82 Å². The number of aliphatic carboxylic acids is 2. The normalized spacial score (nSPS) is 12.4. The number of aromatic nitrogens is 2. The number of carbonyl (C=O) groups excluding carboxylic acids is 2. The van der Waals surface area contributed by atoms with Gasteiger partial charge in [0.25, 0.3) is 5.91 Å². The van der Waals surface area contributed by atoms with Crippen molar-refractivity contribution in [3.05, 3.63) is 102 Å². The number of carboxylic acid groups (broad SMARTS) is 2. The van der Waals surface area contributed by atoms with Crippen LogP contribution >= 0.6 is 0 Å². The molecule has 11 heteroatoms. The first-order valence-corrected chi connectivity index (χ1v) is 18.6. The van der Waals surface area contributed by atoms with Gasteiger partial charge < -0.3 is 25.6 Å². The van der Waals surface area contributed by atoms with Crippen LogP contribution in [0, 0.1) is 0 Å². The van der Waals surface area contributed by atoms with Gasteiger partial charge in [0.2, 0.25) is 5.91 Å². The first kappa shape index (κ1) is 41.2. The summed E-state index contributed by atoms with van der Waals surface area (Å²) in [6, 6.07) is 19.8. The molecule has 2 amide bonds. The highest BCUT2D eigenvalue weighted by molar-refractivity contribution is 5.98. The van der Waals surface area contributed by atoms with Crippen LogP contribution in [0.2, 0.25) is 0 Å². The SMILES string of the molecule is CCCCCCCOc1ccc(-c2cnc(-c3ccc(CC(NC(=O)c4ccc(C(C)(C)C)cc4)C(=O)NC(CCCC(=O)O)C(=O)O)cc3)nc2)cc1. The van der Waals surface area contributed by atoms with Gasteiger partial charge in [-0.05, 0) is 65.6 Å². The second kappa shape index (κ2) is 20.0. The van der Waals surface area contributed by atoms with Crippen LogP contribution in [0.4, 0.5) is 0 Å². The highest BCUT2D eigenvalue weighted by Crippen LogP contribution is 2.25. The Balaban J connectivity index is 1.44. The zero-order valence-corrected chi connectivity index (χ0v) is 31.6. The van der Waals surface area contributed by atoms with E-state index in [0.29, 0.717) is 23.6 Å². The number of rotatable bonds is 20. The van der Waals surface area contributed by atoms with Crippen LogP contribution in [-0.2, 0) is 26.2 Å². The number of ether oxygens (including phenoxy) is 1. The van der Waals surface area contributed by atoms with Crippen molar-refractivity contribution in [3.63, 3.8) is 0 Å². The van der Waals surface area contributed by atoms with E-state index in [0.717, 1.165) is 34.4 Å². The fourth-order valence-corrected chi connectivity index (χ4v) is 5.85. The quantitative estimate of drug-likeness (QED) is 0.0667. The van der Waals surface area contributed by atoms with Crippen LogP contribution in [0.3, 0.4) is 0 Å². The van der Waals surface area contributed by atoms with Crippen molar-refractivity contribution in [3.8, 4) is 28.3 Å². The van der Waals surface area contributed by atoms with E-state index < -0.39 is 35.8 Å². The van der Waals surface area contributed by atoms with E-state index in [-0.39, 0.29) is 31.1 Å². The number of benzene rings is 3. The topological polar surface area (TPSA) is 168 Å². The summed E-state index contributed by atoms with van der Waals surface area (Å²) in [6.07, 6.45) is 9.29. The molecule has 0 fully saturated rings. The fourth-order valence-electron chi connectivity index (χ4n) is 5.85. The summed E-state index contributed by atoms with van der Waals surface area (Å²) < 4.78 is 5.89. The Kier molecular flexibility index (Phi) is 15.3. The van der Waals surface area contributed by atoms with Gasteiger partial charge in [-0.15, -0.1) is 0 Å². The minimum absolute atomic E-state index is 0.0643. The fraction of sp³-hybridized carbons (Fsp3) is 0.395. The molecule has 4 N–H and O–H groups in total. The minimum Gasteiger partial charge on any atom is -0.494 e. The molecule has 0 spiro atoms. The zero-order chi connectivity index (χ0) is 39.1. The monoisotopic (exact) mass is 736 g/mol. The van der Waals surface area contributed by atoms with E-state index in [1.807, 2.05) is 48.5 Å². The molecule has 0 aliphatic carbocycles. The Bertz CT molecular complexity index is 1820. The molecular weight excluding hydrogens is 684 g/mol. The third kappa shape index (κ3) is 12.8. The van der Waals surface area contributed by atoms with Crippen molar-refractivity contribution in [1.82, 2.24) is 20.6 Å². The Labute approximate surface area is 317 Å². The lowest BCUT2D eigenvalue weighted by Gasteiger charge is -2.22. The first-order chi connectivity index (χ1) is 25.8. The van der Waals surface area contributed by atoms with E-state index in [9.17, 15) is 24.3 Å². The number of carboxylic acids is 2. The van der Waals surface area contributed by atoms with Gasteiger partial charge in [-0.2, -0.15) is 0 Å². The molecule has 54 heavy (non-hydrogen) atoms. The number of hydrogen-bond donors (Lipinski definition) is 4. The maximum absolute atomic E-state index is 13.5. The van der Waals surface area contributed by atoms with Crippen LogP contribution in [0.5, 0.6) is 5.75 Å². The summed E-state index contributed by atoms with van der Waals surface area (Å²) in [5, 5.41) is 24.0. The Hall–Kier alpha value is -5.58. The van der Waals surface area contributed by atoms with Gasteiger partial charge in [0.05, 0.1) is 6.61 Å². The molecule has 4 aromatic rings. The van der Waals surface area contributed by atoms with Crippen LogP contribution in [0.15, 0.2) is 85.2 Å². The summed E-state index contributed by atoms with van der Waals surface area (Å²) in [5.41, 5.74) is 4.57. The molecule has 0 aliphatic heterocycles. The Morgan fingerprint density at radius 3 is 1.94 bits per heavy atom. The van der Waals surface area contributed by atoms with Gasteiger partial charge in [0, 0.05) is 41.9 Å². The molecule has 1 aromatic heterocycles. The first-order valence-electron chi connectivity index (χ1n) is 18.6. The van der Waals surface area contributed by atoms with Crippen molar-refractivity contribution in [2.75, 3.05) is 6.61 Å². The second-order valence-electron chi connectivity index (χ2n) is 14.5. The highest BCUT2D eigenvalue weighted by Gasteiger charge is 2.27. The highest BCUT2D eigenvalue weighted by atomic mass is 16.5. The lowest BCUT2D eigenvalue weighted by atomic mass is 9.86. The molecule has 4 rings (SSSR count). The van der Waals surface area contributed by atoms with Gasteiger partial charge in [0.1, 0.15) is 17.8 Å². The average molecular weight is 737 g/mol. The molecule has 0 aliphatic rings. The van der Waals surface area contributed by atoms with Crippen LogP contribution in [0.25, 0.3) is 22.5 Å². The van der Waals surface area contributed by atoms with E-state index in [4.69, 9.17) is 9.84 Å². The molecule has 1 heterocycles. The van der Waals surface area contributed by atoms with Crippen LogP contribution in [-0.4, -0.2) is 62.6 Å². The Morgan fingerprint density at radius 1 is 0.722 bits per heavy atom. The molecule has 0 saturated heterocycles. The summed E-state index contributed by atoms with van der Waals surface area (Å²) >= 11 is 0. The maximum Gasteiger partial charge on any atom is 0.326 e. The van der Waals surface area contributed by atoms with Crippen LogP contribution < -0.4 is 15.4 Å². The van der Waals surface area contributed by atoms with E-state index in [2.05, 4.69) is 48.3 Å². The summed E-state index contributed by atoms with van der Waals surface area (Å²) in [6.45, 7) is 9.11. The average Bonchev–Trinajstić information content (AvgIpc) is 3.15. The predicted molar refractivity (Wildman–Crippen MR) is 208 cm³/mol. The summed E-state index contributed by atoms with van der Waals surface area (Å²) in [7, 11) is 0. The predicted octanol–water partition coefficient (Wildman–Crippen LogP) is 7.62. The Morgan fingerprint density at radius 2 is 1.35 bits per heavy atom. The molecule has 0 radical (unpaired) electrons. The molecule has 3 aromatic carbocycles. The minimum atomic E-state index is -1.32. The van der Waals surface area contributed by atoms with Crippen molar-refractivity contribution in [1.29, 1.82) is 0 Å². The molecular formula is C43H52N4O7. The second-order valence-corrected chi connectivity index (χ2v) is 14.5. The summed E-state index contributed by atoms with van der Waals surface area (Å²) in [5.74, 6) is -2.18. The molecule has 0 bridgehead atoms. The van der Waals surface area contributed by atoms with Gasteiger partial charge in [-0.1, -0.05) is 102 Å². The van der Waals surface area contributed by atoms with Crippen molar-refractivity contribution >= 4 is 23.8 Å². The van der Waals surface area contributed by atoms with Crippen molar-refractivity contribution < 1.29 is 34.1 Å². The van der Waals surface area contributed by atoms with Gasteiger partial charge in [-0.3, -0.25) is 14.4 Å². The lowest BCUT2D eigenvalue weighted by Crippen LogP contribution is -2.52. The van der Waals surface area contributed by atoms with E-state index >= 15 is 0 Å². The molecule has 2 atom stereocenters. The lowest BCUT2D eigenvalue weighted by molar-refractivity contribution is -0.143.